The molecule has 1 aliphatic carbocycles. The molecule has 1 unspecified atom stereocenters. The van der Waals surface area contributed by atoms with Gasteiger partial charge >= 0.3 is 0 Å². The molecule has 2 rings (SSSR count). The maximum atomic E-state index is 2.34. The molecule has 0 spiro atoms. The highest BCUT2D eigenvalue weighted by Gasteiger charge is 2.37. The van der Waals surface area contributed by atoms with Gasteiger partial charge in [0.15, 0.2) is 0 Å². The van der Waals surface area contributed by atoms with Crippen LogP contribution in [0, 0.1) is 0 Å². The van der Waals surface area contributed by atoms with Crippen molar-refractivity contribution in [1.29, 1.82) is 0 Å². The van der Waals surface area contributed by atoms with Gasteiger partial charge in [0.1, 0.15) is 0 Å². The zero-order chi connectivity index (χ0) is 10.3. The third-order valence-corrected chi connectivity index (χ3v) is 3.38. The van der Waals surface area contributed by atoms with Crippen LogP contribution in [0.1, 0.15) is 37.4 Å². The van der Waals surface area contributed by atoms with E-state index in [2.05, 4.69) is 57.1 Å². The minimum absolute atomic E-state index is 0.339. The smallest absolute Gasteiger partial charge is 0.0353 e. The lowest BCUT2D eigenvalue weighted by molar-refractivity contribution is 0.269. The number of hydrogen-bond acceptors (Lipinski definition) is 1. The Bertz CT molecular complexity index is 339. The van der Waals surface area contributed by atoms with Gasteiger partial charge in [-0.3, -0.25) is 0 Å². The van der Waals surface area contributed by atoms with Crippen LogP contribution in [0.15, 0.2) is 24.3 Å². The van der Waals surface area contributed by atoms with E-state index in [4.69, 9.17) is 0 Å². The number of fused-ring (bicyclic) bond motifs is 1. The monoisotopic (exact) mass is 189 g/mol. The fourth-order valence-corrected chi connectivity index (χ4v) is 2.57. The van der Waals surface area contributed by atoms with E-state index >= 15 is 0 Å². The number of nitrogens with zero attached hydrogens (tertiary/aromatic N) is 1. The van der Waals surface area contributed by atoms with Crippen LogP contribution in [0.5, 0.6) is 0 Å². The average Bonchev–Trinajstić information content (AvgIpc) is 2.40. The van der Waals surface area contributed by atoms with Gasteiger partial charge in [0, 0.05) is 6.04 Å². The Morgan fingerprint density at radius 1 is 1.21 bits per heavy atom. The summed E-state index contributed by atoms with van der Waals surface area (Å²) < 4.78 is 0. The number of rotatable bonds is 1. The zero-order valence-corrected chi connectivity index (χ0v) is 9.54. The summed E-state index contributed by atoms with van der Waals surface area (Å²) in [4.78, 5) is 2.33. The minimum Gasteiger partial charge on any atom is -0.302 e. The molecule has 1 heteroatoms. The van der Waals surface area contributed by atoms with Crippen LogP contribution in [0.2, 0.25) is 0 Å². The molecule has 1 aromatic carbocycles. The Balaban J connectivity index is 2.49. The summed E-state index contributed by atoms with van der Waals surface area (Å²) in [5.74, 6) is 0. The van der Waals surface area contributed by atoms with Gasteiger partial charge in [0.2, 0.25) is 0 Å². The standard InChI is InChI=1S/C13H19N/c1-13(2)9-12(14(3)4)10-7-5-6-8-11(10)13/h5-8,12H,9H2,1-4H3. The first-order chi connectivity index (χ1) is 6.52. The highest BCUT2D eigenvalue weighted by atomic mass is 15.1. The fraction of sp³-hybridized carbons (Fsp3) is 0.538. The summed E-state index contributed by atoms with van der Waals surface area (Å²) in [6, 6.07) is 9.45. The molecule has 0 amide bonds. The van der Waals surface area contributed by atoms with Gasteiger partial charge in [-0.1, -0.05) is 38.1 Å². The van der Waals surface area contributed by atoms with Crippen molar-refractivity contribution in [2.45, 2.75) is 31.7 Å². The van der Waals surface area contributed by atoms with E-state index in [0.29, 0.717) is 11.5 Å². The topological polar surface area (TPSA) is 3.24 Å². The van der Waals surface area contributed by atoms with Crippen LogP contribution in [-0.4, -0.2) is 19.0 Å². The second kappa shape index (κ2) is 3.09. The Morgan fingerprint density at radius 3 is 2.50 bits per heavy atom. The van der Waals surface area contributed by atoms with Crippen molar-refractivity contribution >= 4 is 0 Å². The van der Waals surface area contributed by atoms with Gasteiger partial charge in [0.05, 0.1) is 0 Å². The van der Waals surface area contributed by atoms with Crippen molar-refractivity contribution in [2.24, 2.45) is 0 Å². The van der Waals surface area contributed by atoms with Crippen LogP contribution in [-0.2, 0) is 5.41 Å². The molecular formula is C13H19N. The lowest BCUT2D eigenvalue weighted by atomic mass is 9.86. The average molecular weight is 189 g/mol. The SMILES string of the molecule is CN(C)C1CC(C)(C)c2ccccc21. The zero-order valence-electron chi connectivity index (χ0n) is 9.54. The van der Waals surface area contributed by atoms with Crippen molar-refractivity contribution < 1.29 is 0 Å². The van der Waals surface area contributed by atoms with E-state index in [1.165, 1.54) is 17.5 Å². The molecule has 0 saturated heterocycles. The fourth-order valence-electron chi connectivity index (χ4n) is 2.57. The van der Waals surface area contributed by atoms with Crippen molar-refractivity contribution in [1.82, 2.24) is 4.90 Å². The van der Waals surface area contributed by atoms with E-state index in [1.807, 2.05) is 0 Å². The summed E-state index contributed by atoms with van der Waals surface area (Å²) in [7, 11) is 4.34. The molecule has 1 aliphatic rings. The molecule has 1 nitrogen and oxygen atoms in total. The van der Waals surface area contributed by atoms with Gasteiger partial charge in [-0.05, 0) is 37.1 Å². The molecule has 0 fully saturated rings. The van der Waals surface area contributed by atoms with Crippen LogP contribution in [0.3, 0.4) is 0 Å². The van der Waals surface area contributed by atoms with Crippen molar-refractivity contribution in [3.05, 3.63) is 35.4 Å². The molecule has 0 aromatic heterocycles. The highest BCUT2D eigenvalue weighted by molar-refractivity contribution is 5.40. The van der Waals surface area contributed by atoms with E-state index < -0.39 is 0 Å². The van der Waals surface area contributed by atoms with Crippen LogP contribution < -0.4 is 0 Å². The van der Waals surface area contributed by atoms with Gasteiger partial charge in [-0.15, -0.1) is 0 Å². The summed E-state index contributed by atoms with van der Waals surface area (Å²) in [6.45, 7) is 4.69. The third-order valence-electron chi connectivity index (χ3n) is 3.38. The molecule has 0 bridgehead atoms. The van der Waals surface area contributed by atoms with Crippen molar-refractivity contribution in [2.75, 3.05) is 14.1 Å². The Kier molecular flexibility index (Phi) is 2.15. The predicted molar refractivity (Wildman–Crippen MR) is 60.5 cm³/mol. The first kappa shape index (κ1) is 9.72. The maximum Gasteiger partial charge on any atom is 0.0353 e. The molecule has 0 heterocycles. The van der Waals surface area contributed by atoms with Crippen LogP contribution in [0.25, 0.3) is 0 Å². The number of hydrogen-bond donors (Lipinski definition) is 0. The van der Waals surface area contributed by atoms with Gasteiger partial charge in [-0.2, -0.15) is 0 Å². The summed E-state index contributed by atoms with van der Waals surface area (Å²) >= 11 is 0. The molecule has 1 aromatic rings. The molecule has 76 valence electrons. The summed E-state index contributed by atoms with van der Waals surface area (Å²) in [5.41, 5.74) is 3.38. The third kappa shape index (κ3) is 1.36. The van der Waals surface area contributed by atoms with Gasteiger partial charge in [-0.25, -0.2) is 0 Å². The second-order valence-electron chi connectivity index (χ2n) is 5.15. The Hall–Kier alpha value is -0.820. The lowest BCUT2D eigenvalue weighted by Gasteiger charge is -2.22. The van der Waals surface area contributed by atoms with E-state index in [-0.39, 0.29) is 0 Å². The van der Waals surface area contributed by atoms with Crippen molar-refractivity contribution in [3.63, 3.8) is 0 Å². The first-order valence-corrected chi connectivity index (χ1v) is 5.28. The first-order valence-electron chi connectivity index (χ1n) is 5.28. The van der Waals surface area contributed by atoms with Gasteiger partial charge in [0.25, 0.3) is 0 Å². The second-order valence-corrected chi connectivity index (χ2v) is 5.15. The molecular weight excluding hydrogens is 170 g/mol. The van der Waals surface area contributed by atoms with E-state index in [1.54, 1.807) is 0 Å². The van der Waals surface area contributed by atoms with Crippen molar-refractivity contribution in [3.8, 4) is 0 Å². The van der Waals surface area contributed by atoms with E-state index in [9.17, 15) is 0 Å². The molecule has 0 aliphatic heterocycles. The van der Waals surface area contributed by atoms with E-state index in [0.717, 1.165) is 0 Å². The number of benzene rings is 1. The molecule has 0 N–H and O–H groups in total. The molecule has 14 heavy (non-hydrogen) atoms. The summed E-state index contributed by atoms with van der Waals surface area (Å²) in [5, 5.41) is 0. The van der Waals surface area contributed by atoms with Crippen LogP contribution in [0.4, 0.5) is 0 Å². The van der Waals surface area contributed by atoms with Crippen LogP contribution >= 0.6 is 0 Å². The quantitative estimate of drug-likeness (QED) is 0.656. The largest absolute Gasteiger partial charge is 0.302 e. The minimum atomic E-state index is 0.339. The van der Waals surface area contributed by atoms with Gasteiger partial charge < -0.3 is 4.90 Å². The normalized spacial score (nSPS) is 23.9. The lowest BCUT2D eigenvalue weighted by Crippen LogP contribution is -2.20. The molecule has 0 radical (unpaired) electrons. The molecule has 1 atom stereocenters. The highest BCUT2D eigenvalue weighted by Crippen LogP contribution is 2.46. The maximum absolute atomic E-state index is 2.34. The molecule has 0 saturated carbocycles. The Labute approximate surface area is 86.7 Å². The predicted octanol–water partition coefficient (Wildman–Crippen LogP) is 2.97. The summed E-state index contributed by atoms with van der Waals surface area (Å²) in [6.07, 6.45) is 1.24. The Morgan fingerprint density at radius 2 is 1.86 bits per heavy atom.